The lowest BCUT2D eigenvalue weighted by Crippen LogP contribution is -2.31. The van der Waals surface area contributed by atoms with E-state index >= 15 is 0 Å². The average molecular weight is 585 g/mol. The maximum Gasteiger partial charge on any atom is 0.261 e. The van der Waals surface area contributed by atoms with Crippen molar-refractivity contribution in [1.82, 2.24) is 0 Å². The number of amides is 1. The SMILES string of the molecule is Cc1ccc(C)c(NS(=O)(=O)c2ccc(NC(=O)CCCN(c3cc(Cl)ccc3Cl)S(C)(=O)=O)cc2)c1. The second-order valence-electron chi connectivity index (χ2n) is 8.53. The molecular weight excluding hydrogens is 557 g/mol. The maximum atomic E-state index is 12.8. The Balaban J connectivity index is 1.61. The maximum absolute atomic E-state index is 12.8. The van der Waals surface area contributed by atoms with Crippen molar-refractivity contribution in [3.05, 3.63) is 81.8 Å². The zero-order valence-corrected chi connectivity index (χ0v) is 23.6. The first-order chi connectivity index (χ1) is 17.3. The number of aryl methyl sites for hydroxylation is 2. The largest absolute Gasteiger partial charge is 0.326 e. The van der Waals surface area contributed by atoms with Crippen LogP contribution in [0.2, 0.25) is 10.0 Å². The molecular formula is C25H27Cl2N3O5S2. The number of halogens is 2. The van der Waals surface area contributed by atoms with Gasteiger partial charge in [0.2, 0.25) is 15.9 Å². The number of nitrogens with one attached hydrogen (secondary N) is 2. The Morgan fingerprint density at radius 3 is 2.24 bits per heavy atom. The summed E-state index contributed by atoms with van der Waals surface area (Å²) < 4.78 is 53.8. The standard InChI is InChI=1S/C25H27Cl2N3O5S2/c1-17-6-7-18(2)23(15-17)29-37(34,35)21-11-9-20(10-12-21)28-25(31)5-4-14-30(36(3,32)33)24-16-19(26)8-13-22(24)27/h6-13,15-16,29H,4-5,14H2,1-3H3,(H,28,31). The summed E-state index contributed by atoms with van der Waals surface area (Å²) in [6.45, 7) is 3.71. The monoisotopic (exact) mass is 583 g/mol. The van der Waals surface area contributed by atoms with Crippen LogP contribution in [0.25, 0.3) is 0 Å². The lowest BCUT2D eigenvalue weighted by Gasteiger charge is -2.23. The van der Waals surface area contributed by atoms with Crippen molar-refractivity contribution in [2.45, 2.75) is 31.6 Å². The zero-order chi connectivity index (χ0) is 27.4. The van der Waals surface area contributed by atoms with Crippen LogP contribution >= 0.6 is 23.2 Å². The Kier molecular flexibility index (Phi) is 9.12. The van der Waals surface area contributed by atoms with Crippen molar-refractivity contribution in [1.29, 1.82) is 0 Å². The van der Waals surface area contributed by atoms with Crippen molar-refractivity contribution in [3.8, 4) is 0 Å². The first kappa shape index (κ1) is 28.8. The third-order valence-electron chi connectivity index (χ3n) is 5.43. The van der Waals surface area contributed by atoms with Crippen LogP contribution in [0.4, 0.5) is 17.1 Å². The van der Waals surface area contributed by atoms with Crippen LogP contribution in [0, 0.1) is 13.8 Å². The molecule has 0 heterocycles. The number of benzene rings is 3. The molecule has 3 rings (SSSR count). The molecule has 2 N–H and O–H groups in total. The molecule has 0 unspecified atom stereocenters. The summed E-state index contributed by atoms with van der Waals surface area (Å²) in [6.07, 6.45) is 1.29. The fraction of sp³-hybridized carbons (Fsp3) is 0.240. The van der Waals surface area contributed by atoms with Crippen LogP contribution in [-0.2, 0) is 24.8 Å². The molecule has 0 saturated heterocycles. The van der Waals surface area contributed by atoms with E-state index in [1.165, 1.54) is 36.4 Å². The highest BCUT2D eigenvalue weighted by atomic mass is 35.5. The first-order valence-corrected chi connectivity index (χ1v) is 15.3. The fourth-order valence-corrected chi connectivity index (χ4v) is 6.04. The van der Waals surface area contributed by atoms with Gasteiger partial charge in [-0.2, -0.15) is 0 Å². The quantitative estimate of drug-likeness (QED) is 0.322. The Hall–Kier alpha value is -2.79. The molecule has 3 aromatic rings. The van der Waals surface area contributed by atoms with Crippen LogP contribution in [0.15, 0.2) is 65.6 Å². The molecule has 0 spiro atoms. The average Bonchev–Trinajstić information content (AvgIpc) is 2.80. The molecule has 3 aromatic carbocycles. The van der Waals surface area contributed by atoms with Gasteiger partial charge in [-0.3, -0.25) is 13.8 Å². The van der Waals surface area contributed by atoms with Gasteiger partial charge in [-0.1, -0.05) is 35.3 Å². The summed E-state index contributed by atoms with van der Waals surface area (Å²) in [7, 11) is -7.48. The molecule has 0 fully saturated rings. The van der Waals surface area contributed by atoms with Crippen LogP contribution < -0.4 is 14.3 Å². The van der Waals surface area contributed by atoms with Crippen molar-refractivity contribution in [2.24, 2.45) is 0 Å². The molecule has 0 saturated carbocycles. The van der Waals surface area contributed by atoms with E-state index in [4.69, 9.17) is 23.2 Å². The van der Waals surface area contributed by atoms with Crippen LogP contribution in [0.1, 0.15) is 24.0 Å². The second kappa shape index (κ2) is 11.7. The second-order valence-corrected chi connectivity index (χ2v) is 13.0. The molecule has 12 heteroatoms. The van der Waals surface area contributed by atoms with E-state index in [1.807, 2.05) is 26.0 Å². The van der Waals surface area contributed by atoms with Gasteiger partial charge >= 0.3 is 0 Å². The molecule has 0 bridgehead atoms. The van der Waals surface area contributed by atoms with Crippen molar-refractivity contribution in [2.75, 3.05) is 27.1 Å². The third-order valence-corrected chi connectivity index (χ3v) is 8.54. The molecule has 8 nitrogen and oxygen atoms in total. The van der Waals surface area contributed by atoms with Crippen molar-refractivity contribution in [3.63, 3.8) is 0 Å². The predicted molar refractivity (Wildman–Crippen MR) is 150 cm³/mol. The third kappa shape index (κ3) is 7.85. The van der Waals surface area contributed by atoms with Gasteiger partial charge in [-0.25, -0.2) is 16.8 Å². The number of hydrogen-bond acceptors (Lipinski definition) is 5. The molecule has 198 valence electrons. The number of nitrogens with zero attached hydrogens (tertiary/aromatic N) is 1. The summed E-state index contributed by atoms with van der Waals surface area (Å²) in [5.74, 6) is -0.352. The molecule has 0 aromatic heterocycles. The highest BCUT2D eigenvalue weighted by Gasteiger charge is 2.21. The van der Waals surface area contributed by atoms with E-state index < -0.39 is 20.0 Å². The molecule has 1 amide bonds. The molecule has 0 aliphatic heterocycles. The lowest BCUT2D eigenvalue weighted by molar-refractivity contribution is -0.116. The summed E-state index contributed by atoms with van der Waals surface area (Å²) in [4.78, 5) is 12.5. The summed E-state index contributed by atoms with van der Waals surface area (Å²) in [5, 5.41) is 3.25. The zero-order valence-electron chi connectivity index (χ0n) is 20.5. The van der Waals surface area contributed by atoms with E-state index in [-0.39, 0.29) is 40.9 Å². The Morgan fingerprint density at radius 2 is 1.59 bits per heavy atom. The number of hydrogen-bond donors (Lipinski definition) is 2. The number of carbonyl (C=O) groups is 1. The smallest absolute Gasteiger partial charge is 0.261 e. The Labute approximate surface area is 227 Å². The topological polar surface area (TPSA) is 113 Å². The molecule has 0 aliphatic carbocycles. The lowest BCUT2D eigenvalue weighted by atomic mass is 10.1. The minimum atomic E-state index is -3.81. The summed E-state index contributed by atoms with van der Waals surface area (Å²) in [6, 6.07) is 15.8. The van der Waals surface area contributed by atoms with Gasteiger partial charge in [0.15, 0.2) is 0 Å². The van der Waals surface area contributed by atoms with Gasteiger partial charge in [0.05, 0.1) is 27.5 Å². The normalized spacial score (nSPS) is 11.7. The number of sulfonamides is 2. The first-order valence-electron chi connectivity index (χ1n) is 11.2. The number of anilines is 3. The predicted octanol–water partition coefficient (Wildman–Crippen LogP) is 5.60. The van der Waals surface area contributed by atoms with Crippen LogP contribution in [0.3, 0.4) is 0 Å². The highest BCUT2D eigenvalue weighted by Crippen LogP contribution is 2.31. The van der Waals surface area contributed by atoms with E-state index in [0.717, 1.165) is 21.7 Å². The van der Waals surface area contributed by atoms with Gasteiger partial charge in [0.1, 0.15) is 0 Å². The fourth-order valence-electron chi connectivity index (χ4n) is 3.52. The molecule has 0 aliphatic rings. The number of carbonyl (C=O) groups excluding carboxylic acids is 1. The van der Waals surface area contributed by atoms with Crippen LogP contribution in [0.5, 0.6) is 0 Å². The van der Waals surface area contributed by atoms with Crippen molar-refractivity contribution < 1.29 is 21.6 Å². The van der Waals surface area contributed by atoms with Crippen molar-refractivity contribution >= 4 is 66.2 Å². The van der Waals surface area contributed by atoms with Gasteiger partial charge < -0.3 is 5.32 Å². The molecule has 0 atom stereocenters. The number of rotatable bonds is 10. The highest BCUT2D eigenvalue weighted by molar-refractivity contribution is 7.92. The van der Waals surface area contributed by atoms with E-state index in [2.05, 4.69) is 10.0 Å². The van der Waals surface area contributed by atoms with Gasteiger partial charge in [-0.15, -0.1) is 0 Å². The van der Waals surface area contributed by atoms with Gasteiger partial charge in [0.25, 0.3) is 10.0 Å². The van der Waals surface area contributed by atoms with Gasteiger partial charge in [0, 0.05) is 23.7 Å². The minimum Gasteiger partial charge on any atom is -0.326 e. The minimum absolute atomic E-state index is 0.0214. The summed E-state index contributed by atoms with van der Waals surface area (Å²) in [5.41, 5.74) is 2.87. The van der Waals surface area contributed by atoms with Crippen LogP contribution in [-0.4, -0.2) is 35.5 Å². The Morgan fingerprint density at radius 1 is 0.919 bits per heavy atom. The van der Waals surface area contributed by atoms with E-state index in [0.29, 0.717) is 16.4 Å². The summed E-state index contributed by atoms with van der Waals surface area (Å²) >= 11 is 12.2. The molecule has 37 heavy (non-hydrogen) atoms. The Bertz CT molecular complexity index is 1510. The van der Waals surface area contributed by atoms with Gasteiger partial charge in [-0.05, 0) is 79.9 Å². The van der Waals surface area contributed by atoms with E-state index in [1.54, 1.807) is 12.1 Å². The molecule has 0 radical (unpaired) electrons. The van der Waals surface area contributed by atoms with E-state index in [9.17, 15) is 21.6 Å².